The molecule has 1 aliphatic rings. The zero-order valence-corrected chi connectivity index (χ0v) is 15.5. The summed E-state index contributed by atoms with van der Waals surface area (Å²) < 4.78 is 53.8. The smallest absolute Gasteiger partial charge is 0.307 e. The second kappa shape index (κ2) is 8.39. The first-order chi connectivity index (χ1) is 13.4. The Hall–Kier alpha value is -2.94. The average Bonchev–Trinajstić information content (AvgIpc) is 2.70. The van der Waals surface area contributed by atoms with Crippen LogP contribution in [-0.4, -0.2) is 45.7 Å². The van der Waals surface area contributed by atoms with Crippen LogP contribution in [-0.2, 0) is 19.4 Å². The molecule has 3 rings (SSSR count). The summed E-state index contributed by atoms with van der Waals surface area (Å²) in [5, 5.41) is 0. The Bertz CT molecular complexity index is 1000. The molecule has 0 atom stereocenters. The topological polar surface area (TPSA) is 96.0 Å². The highest BCUT2D eigenvalue weighted by atomic mass is 32.2. The van der Waals surface area contributed by atoms with Crippen LogP contribution in [0.25, 0.3) is 0 Å². The summed E-state index contributed by atoms with van der Waals surface area (Å²) >= 11 is 0. The van der Waals surface area contributed by atoms with Gasteiger partial charge in [0.25, 0.3) is 0 Å². The van der Waals surface area contributed by atoms with Gasteiger partial charge in [-0.1, -0.05) is 12.1 Å². The molecular formula is C19H17FO7S. The largest absolute Gasteiger partial charge is 0.486 e. The van der Waals surface area contributed by atoms with E-state index in [4.69, 9.17) is 14.2 Å². The lowest BCUT2D eigenvalue weighted by atomic mass is 10.1. The predicted octanol–water partition coefficient (Wildman–Crippen LogP) is 2.19. The predicted molar refractivity (Wildman–Crippen MR) is 95.8 cm³/mol. The normalized spacial score (nSPS) is 13.0. The van der Waals surface area contributed by atoms with Gasteiger partial charge in [-0.05, 0) is 24.3 Å². The van der Waals surface area contributed by atoms with Crippen molar-refractivity contribution in [3.05, 3.63) is 53.8 Å². The number of hydrogen-bond donors (Lipinski definition) is 0. The van der Waals surface area contributed by atoms with Crippen LogP contribution in [0.4, 0.5) is 4.39 Å². The molecule has 0 fully saturated rings. The van der Waals surface area contributed by atoms with Gasteiger partial charge in [0.2, 0.25) is 5.78 Å². The van der Waals surface area contributed by atoms with E-state index in [1.165, 1.54) is 36.4 Å². The van der Waals surface area contributed by atoms with Crippen LogP contribution in [0.2, 0.25) is 0 Å². The van der Waals surface area contributed by atoms with Crippen molar-refractivity contribution in [2.24, 2.45) is 0 Å². The molecule has 1 aliphatic heterocycles. The van der Waals surface area contributed by atoms with E-state index in [2.05, 4.69) is 0 Å². The molecule has 0 spiro atoms. The fourth-order valence-electron chi connectivity index (χ4n) is 2.54. The number of benzene rings is 2. The van der Waals surface area contributed by atoms with Gasteiger partial charge >= 0.3 is 5.97 Å². The summed E-state index contributed by atoms with van der Waals surface area (Å²) in [6, 6.07) is 9.52. The van der Waals surface area contributed by atoms with Gasteiger partial charge in [-0.25, -0.2) is 12.8 Å². The van der Waals surface area contributed by atoms with E-state index >= 15 is 0 Å². The SMILES string of the molecule is O=C(CCS(=O)(=O)c1ccc2c(c1)OCCO2)OCC(=O)c1ccccc1F. The summed E-state index contributed by atoms with van der Waals surface area (Å²) in [6.45, 7) is 0.0409. The molecule has 28 heavy (non-hydrogen) atoms. The Kier molecular flexibility index (Phi) is 5.93. The van der Waals surface area contributed by atoms with Gasteiger partial charge in [-0.15, -0.1) is 0 Å². The Balaban J connectivity index is 1.55. The number of carbonyl (C=O) groups excluding carboxylic acids is 2. The minimum absolute atomic E-state index is 0.00742. The Morgan fingerprint density at radius 2 is 1.75 bits per heavy atom. The second-order valence-corrected chi connectivity index (χ2v) is 8.05. The number of halogens is 1. The average molecular weight is 408 g/mol. The zero-order chi connectivity index (χ0) is 20.1. The summed E-state index contributed by atoms with van der Waals surface area (Å²) in [7, 11) is -3.77. The van der Waals surface area contributed by atoms with Gasteiger partial charge in [0.05, 0.1) is 22.6 Å². The van der Waals surface area contributed by atoms with E-state index in [1.54, 1.807) is 0 Å². The third kappa shape index (κ3) is 4.66. The molecule has 0 N–H and O–H groups in total. The standard InChI is InChI=1S/C19H17FO7S/c20-15-4-2-1-3-14(15)16(21)12-27-19(22)7-10-28(23,24)13-5-6-17-18(11-13)26-9-8-25-17/h1-6,11H,7-10,12H2. The zero-order valence-electron chi connectivity index (χ0n) is 14.7. The van der Waals surface area contributed by atoms with Crippen LogP contribution < -0.4 is 9.47 Å². The van der Waals surface area contributed by atoms with Crippen LogP contribution in [0.1, 0.15) is 16.8 Å². The molecular weight excluding hydrogens is 391 g/mol. The van der Waals surface area contributed by atoms with Crippen molar-refractivity contribution < 1.29 is 36.6 Å². The molecule has 0 aromatic heterocycles. The van der Waals surface area contributed by atoms with Crippen molar-refractivity contribution >= 4 is 21.6 Å². The molecule has 148 valence electrons. The molecule has 9 heteroatoms. The summed E-state index contributed by atoms with van der Waals surface area (Å²) in [5.41, 5.74) is -0.195. The van der Waals surface area contributed by atoms with Gasteiger partial charge in [-0.2, -0.15) is 0 Å². The highest BCUT2D eigenvalue weighted by molar-refractivity contribution is 7.91. The molecule has 0 saturated carbocycles. The van der Waals surface area contributed by atoms with Crippen LogP contribution in [0, 0.1) is 5.82 Å². The van der Waals surface area contributed by atoms with Gasteiger partial charge in [0.1, 0.15) is 19.0 Å². The number of carbonyl (C=O) groups is 2. The fourth-order valence-corrected chi connectivity index (χ4v) is 3.77. The Labute approximate surface area is 160 Å². The molecule has 0 bridgehead atoms. The van der Waals surface area contributed by atoms with E-state index in [1.807, 2.05) is 0 Å². The van der Waals surface area contributed by atoms with Crippen molar-refractivity contribution in [2.75, 3.05) is 25.6 Å². The number of esters is 1. The lowest BCUT2D eigenvalue weighted by molar-refractivity contribution is -0.142. The lowest BCUT2D eigenvalue weighted by Gasteiger charge is -2.18. The van der Waals surface area contributed by atoms with E-state index in [9.17, 15) is 22.4 Å². The third-order valence-electron chi connectivity index (χ3n) is 3.99. The first-order valence-electron chi connectivity index (χ1n) is 8.42. The summed E-state index contributed by atoms with van der Waals surface area (Å²) in [6.07, 6.45) is -0.443. The first-order valence-corrected chi connectivity index (χ1v) is 10.1. The molecule has 0 amide bonds. The molecule has 2 aromatic carbocycles. The molecule has 7 nitrogen and oxygen atoms in total. The molecule has 0 aliphatic carbocycles. The van der Waals surface area contributed by atoms with Crippen molar-refractivity contribution in [1.29, 1.82) is 0 Å². The third-order valence-corrected chi connectivity index (χ3v) is 5.70. The summed E-state index contributed by atoms with van der Waals surface area (Å²) in [4.78, 5) is 23.7. The maximum absolute atomic E-state index is 13.5. The van der Waals surface area contributed by atoms with E-state index < -0.39 is 46.2 Å². The first kappa shape index (κ1) is 19.8. The maximum Gasteiger partial charge on any atom is 0.307 e. The van der Waals surface area contributed by atoms with E-state index in [-0.39, 0.29) is 10.5 Å². The second-order valence-electron chi connectivity index (χ2n) is 5.94. The monoisotopic (exact) mass is 408 g/mol. The number of ketones is 1. The van der Waals surface area contributed by atoms with Crippen molar-refractivity contribution in [3.8, 4) is 11.5 Å². The van der Waals surface area contributed by atoms with E-state index in [0.29, 0.717) is 24.7 Å². The number of Topliss-reactive ketones (excluding diaryl/α,β-unsaturated/α-hetero) is 1. The van der Waals surface area contributed by atoms with Crippen molar-refractivity contribution in [3.63, 3.8) is 0 Å². The highest BCUT2D eigenvalue weighted by Gasteiger charge is 2.21. The minimum atomic E-state index is -3.77. The number of hydrogen-bond acceptors (Lipinski definition) is 7. The Morgan fingerprint density at radius 3 is 2.50 bits per heavy atom. The minimum Gasteiger partial charge on any atom is -0.486 e. The maximum atomic E-state index is 13.5. The van der Waals surface area contributed by atoms with Gasteiger partial charge in [0, 0.05) is 6.07 Å². The molecule has 0 saturated heterocycles. The summed E-state index contributed by atoms with van der Waals surface area (Å²) in [5.74, 6) is -2.02. The molecule has 1 heterocycles. The van der Waals surface area contributed by atoms with Gasteiger partial charge in [0.15, 0.2) is 27.9 Å². The van der Waals surface area contributed by atoms with Gasteiger partial charge in [-0.3, -0.25) is 9.59 Å². The highest BCUT2D eigenvalue weighted by Crippen LogP contribution is 2.32. The number of sulfone groups is 1. The van der Waals surface area contributed by atoms with Crippen LogP contribution in [0.15, 0.2) is 47.4 Å². The lowest BCUT2D eigenvalue weighted by Crippen LogP contribution is -2.19. The number of ether oxygens (including phenoxy) is 3. The van der Waals surface area contributed by atoms with Crippen LogP contribution >= 0.6 is 0 Å². The van der Waals surface area contributed by atoms with Gasteiger partial charge < -0.3 is 14.2 Å². The number of fused-ring (bicyclic) bond motifs is 1. The Morgan fingerprint density at radius 1 is 1.04 bits per heavy atom. The molecule has 0 unspecified atom stereocenters. The molecule has 0 radical (unpaired) electrons. The number of rotatable bonds is 7. The van der Waals surface area contributed by atoms with E-state index in [0.717, 1.165) is 6.07 Å². The van der Waals surface area contributed by atoms with Crippen molar-refractivity contribution in [2.45, 2.75) is 11.3 Å². The molecule has 2 aromatic rings. The quantitative estimate of drug-likeness (QED) is 0.512. The van der Waals surface area contributed by atoms with Crippen LogP contribution in [0.5, 0.6) is 11.5 Å². The van der Waals surface area contributed by atoms with Crippen LogP contribution in [0.3, 0.4) is 0 Å². The fraction of sp³-hybridized carbons (Fsp3) is 0.263. The van der Waals surface area contributed by atoms with Crippen molar-refractivity contribution in [1.82, 2.24) is 0 Å².